The molecule has 0 aliphatic carbocycles. The number of nitrogens with zero attached hydrogens (tertiary/aromatic N) is 9. The fourth-order valence-electron chi connectivity index (χ4n) is 3.54. The van der Waals surface area contributed by atoms with Crippen LogP contribution in [0.3, 0.4) is 0 Å². The summed E-state index contributed by atoms with van der Waals surface area (Å²) in [6.45, 7) is 8.51. The van der Waals surface area contributed by atoms with Crippen molar-refractivity contribution in [1.82, 2.24) is 45.0 Å². The second kappa shape index (κ2) is 7.10. The van der Waals surface area contributed by atoms with Crippen molar-refractivity contribution in [1.29, 1.82) is 0 Å². The van der Waals surface area contributed by atoms with Gasteiger partial charge >= 0.3 is 0 Å². The highest BCUT2D eigenvalue weighted by atomic mass is 15.4. The van der Waals surface area contributed by atoms with Crippen molar-refractivity contribution in [2.24, 2.45) is 0 Å². The Morgan fingerprint density at radius 3 is 1.07 bits per heavy atom. The molecule has 3 aromatic heterocycles. The molecule has 0 fully saturated rings. The first-order valence-corrected chi connectivity index (χ1v) is 8.76. The van der Waals surface area contributed by atoms with E-state index in [4.69, 9.17) is 0 Å². The van der Waals surface area contributed by atoms with Gasteiger partial charge in [0.2, 0.25) is 0 Å². The third-order valence-corrected chi connectivity index (χ3v) is 5.09. The summed E-state index contributed by atoms with van der Waals surface area (Å²) in [5, 5.41) is 24.2. The molecule has 138 valence electrons. The van der Waals surface area contributed by atoms with Crippen LogP contribution >= 0.6 is 0 Å². The standard InChI is InChI=1S/C18H21N9/c1-13-16(10-25-7-4-19-22-25)14(2)18(12-27-9-6-21-24-27)15(3)17(13)11-26-8-5-20-23-26/h4-9H,10-12H2,1-3H3. The van der Waals surface area contributed by atoms with Crippen molar-refractivity contribution in [3.63, 3.8) is 0 Å². The van der Waals surface area contributed by atoms with E-state index < -0.39 is 0 Å². The third-order valence-electron chi connectivity index (χ3n) is 5.09. The van der Waals surface area contributed by atoms with Crippen LogP contribution in [0.15, 0.2) is 37.2 Å². The van der Waals surface area contributed by atoms with E-state index in [9.17, 15) is 0 Å². The van der Waals surface area contributed by atoms with Gasteiger partial charge in [-0.15, -0.1) is 15.3 Å². The number of rotatable bonds is 6. The molecule has 0 N–H and O–H groups in total. The van der Waals surface area contributed by atoms with Crippen LogP contribution < -0.4 is 0 Å². The van der Waals surface area contributed by atoms with E-state index in [0.29, 0.717) is 19.6 Å². The van der Waals surface area contributed by atoms with Crippen LogP contribution in [0.5, 0.6) is 0 Å². The summed E-state index contributed by atoms with van der Waals surface area (Å²) >= 11 is 0. The zero-order chi connectivity index (χ0) is 18.8. The van der Waals surface area contributed by atoms with E-state index in [1.165, 1.54) is 33.4 Å². The van der Waals surface area contributed by atoms with Gasteiger partial charge in [0.1, 0.15) is 0 Å². The molecule has 4 rings (SSSR count). The summed E-state index contributed by atoms with van der Waals surface area (Å²) in [5.41, 5.74) is 7.49. The molecule has 9 heteroatoms. The van der Waals surface area contributed by atoms with E-state index in [1.54, 1.807) is 18.6 Å². The van der Waals surface area contributed by atoms with Gasteiger partial charge in [0.05, 0.1) is 38.2 Å². The molecule has 3 heterocycles. The molecule has 9 nitrogen and oxygen atoms in total. The van der Waals surface area contributed by atoms with Gasteiger partial charge in [0.15, 0.2) is 0 Å². The summed E-state index contributed by atoms with van der Waals surface area (Å²) in [4.78, 5) is 0. The second-order valence-electron chi connectivity index (χ2n) is 6.61. The summed E-state index contributed by atoms with van der Waals surface area (Å²) in [7, 11) is 0. The van der Waals surface area contributed by atoms with Gasteiger partial charge in [-0.05, 0) is 54.2 Å². The Hall–Kier alpha value is -3.36. The van der Waals surface area contributed by atoms with Crippen molar-refractivity contribution in [3.05, 3.63) is 70.6 Å². The highest BCUT2D eigenvalue weighted by Gasteiger charge is 2.18. The predicted molar refractivity (Wildman–Crippen MR) is 98.0 cm³/mol. The molecule has 27 heavy (non-hydrogen) atoms. The van der Waals surface area contributed by atoms with Crippen LogP contribution in [0.1, 0.15) is 33.4 Å². The van der Waals surface area contributed by atoms with E-state index in [0.717, 1.165) is 0 Å². The lowest BCUT2D eigenvalue weighted by Crippen LogP contribution is -2.15. The molecule has 0 aliphatic rings. The van der Waals surface area contributed by atoms with Crippen LogP contribution in [0.4, 0.5) is 0 Å². The molecule has 0 unspecified atom stereocenters. The predicted octanol–water partition coefficient (Wildman–Crippen LogP) is 1.53. The van der Waals surface area contributed by atoms with Gasteiger partial charge in [0.25, 0.3) is 0 Å². The van der Waals surface area contributed by atoms with E-state index in [2.05, 4.69) is 51.7 Å². The smallest absolute Gasteiger partial charge is 0.0693 e. The van der Waals surface area contributed by atoms with Crippen molar-refractivity contribution in [2.75, 3.05) is 0 Å². The molecular weight excluding hydrogens is 342 g/mol. The van der Waals surface area contributed by atoms with Crippen LogP contribution in [-0.2, 0) is 19.6 Å². The van der Waals surface area contributed by atoms with E-state index in [1.807, 2.05) is 32.6 Å². The molecule has 0 saturated carbocycles. The largest absolute Gasteiger partial charge is 0.248 e. The monoisotopic (exact) mass is 363 g/mol. The number of hydrogen-bond acceptors (Lipinski definition) is 6. The number of benzene rings is 1. The average Bonchev–Trinajstić information content (AvgIpc) is 3.43. The van der Waals surface area contributed by atoms with Gasteiger partial charge in [-0.1, -0.05) is 15.6 Å². The lowest BCUT2D eigenvalue weighted by molar-refractivity contribution is 0.618. The minimum atomic E-state index is 0.673. The Kier molecular flexibility index (Phi) is 4.49. The zero-order valence-electron chi connectivity index (χ0n) is 15.6. The van der Waals surface area contributed by atoms with Gasteiger partial charge in [0, 0.05) is 18.6 Å². The molecular formula is C18H21N9. The van der Waals surface area contributed by atoms with Crippen molar-refractivity contribution < 1.29 is 0 Å². The van der Waals surface area contributed by atoms with E-state index >= 15 is 0 Å². The van der Waals surface area contributed by atoms with Gasteiger partial charge < -0.3 is 0 Å². The number of aromatic nitrogens is 9. The summed E-state index contributed by atoms with van der Waals surface area (Å²) in [6.07, 6.45) is 10.7. The molecule has 0 radical (unpaired) electrons. The summed E-state index contributed by atoms with van der Waals surface area (Å²) in [5.74, 6) is 0. The van der Waals surface area contributed by atoms with Gasteiger partial charge in [-0.2, -0.15) is 0 Å². The Bertz CT molecular complexity index is 861. The third kappa shape index (κ3) is 3.35. The maximum Gasteiger partial charge on any atom is 0.0693 e. The molecule has 0 bridgehead atoms. The maximum absolute atomic E-state index is 4.14. The van der Waals surface area contributed by atoms with Gasteiger partial charge in [-0.25, -0.2) is 14.0 Å². The molecule has 0 aliphatic heterocycles. The molecule has 4 aromatic rings. The second-order valence-corrected chi connectivity index (χ2v) is 6.61. The highest BCUT2D eigenvalue weighted by Crippen LogP contribution is 2.29. The quantitative estimate of drug-likeness (QED) is 0.516. The maximum atomic E-state index is 4.14. The average molecular weight is 363 g/mol. The Morgan fingerprint density at radius 2 is 0.852 bits per heavy atom. The lowest BCUT2D eigenvalue weighted by Gasteiger charge is -2.22. The molecule has 0 amide bonds. The first-order valence-electron chi connectivity index (χ1n) is 8.76. The molecule has 0 spiro atoms. The van der Waals surface area contributed by atoms with Crippen molar-refractivity contribution >= 4 is 0 Å². The first kappa shape index (κ1) is 17.1. The Labute approximate surface area is 156 Å². The Morgan fingerprint density at radius 1 is 0.556 bits per heavy atom. The van der Waals surface area contributed by atoms with E-state index in [-0.39, 0.29) is 0 Å². The fraction of sp³-hybridized carbons (Fsp3) is 0.333. The Balaban J connectivity index is 1.83. The molecule has 0 atom stereocenters. The van der Waals surface area contributed by atoms with Crippen molar-refractivity contribution in [3.8, 4) is 0 Å². The molecule has 0 saturated heterocycles. The fourth-order valence-corrected chi connectivity index (χ4v) is 3.54. The van der Waals surface area contributed by atoms with Crippen LogP contribution in [0.2, 0.25) is 0 Å². The molecule has 1 aromatic carbocycles. The SMILES string of the molecule is Cc1c(Cn2ccnn2)c(C)c(Cn2ccnn2)c(C)c1Cn1ccnn1. The lowest BCUT2D eigenvalue weighted by atomic mass is 9.88. The number of hydrogen-bond donors (Lipinski definition) is 0. The van der Waals surface area contributed by atoms with Crippen LogP contribution in [0, 0.1) is 20.8 Å². The summed E-state index contributed by atoms with van der Waals surface area (Å²) < 4.78 is 5.55. The van der Waals surface area contributed by atoms with Gasteiger partial charge in [-0.3, -0.25) is 0 Å². The minimum Gasteiger partial charge on any atom is -0.248 e. The topological polar surface area (TPSA) is 92.1 Å². The van der Waals surface area contributed by atoms with Crippen LogP contribution in [0.25, 0.3) is 0 Å². The van der Waals surface area contributed by atoms with Crippen molar-refractivity contribution in [2.45, 2.75) is 40.4 Å². The summed E-state index contributed by atoms with van der Waals surface area (Å²) in [6, 6.07) is 0. The zero-order valence-corrected chi connectivity index (χ0v) is 15.6. The first-order chi connectivity index (χ1) is 13.1. The normalized spacial score (nSPS) is 11.2. The van der Waals surface area contributed by atoms with Crippen LogP contribution in [-0.4, -0.2) is 45.0 Å². The minimum absolute atomic E-state index is 0.673. The highest BCUT2D eigenvalue weighted by molar-refractivity contribution is 5.51.